The van der Waals surface area contributed by atoms with Crippen LogP contribution in [-0.2, 0) is 4.79 Å². The van der Waals surface area contributed by atoms with Crippen LogP contribution in [0.1, 0.15) is 49.5 Å². The van der Waals surface area contributed by atoms with Gasteiger partial charge in [0.2, 0.25) is 5.91 Å². The molecule has 1 aliphatic heterocycles. The number of rotatable bonds is 6. The van der Waals surface area contributed by atoms with E-state index in [1.165, 1.54) is 0 Å². The SMILES string of the molecule is CCN(c1ccc(C(=O)N2CCC(C(=O)Nc3cc(C)ccn3)CC2)cc1)C(C)C. The van der Waals surface area contributed by atoms with Crippen molar-refractivity contribution in [1.29, 1.82) is 0 Å². The molecule has 1 N–H and O–H groups in total. The van der Waals surface area contributed by atoms with Crippen LogP contribution in [0.15, 0.2) is 42.6 Å². The highest BCUT2D eigenvalue weighted by Crippen LogP contribution is 2.23. The number of carbonyl (C=O) groups excluding carboxylic acids is 2. The zero-order chi connectivity index (χ0) is 21.7. The molecule has 1 aliphatic rings. The van der Waals surface area contributed by atoms with E-state index in [0.29, 0.717) is 43.4 Å². The van der Waals surface area contributed by atoms with Gasteiger partial charge in [-0.05, 0) is 82.5 Å². The smallest absolute Gasteiger partial charge is 0.253 e. The number of carbonyl (C=O) groups is 2. The van der Waals surface area contributed by atoms with E-state index < -0.39 is 0 Å². The lowest BCUT2D eigenvalue weighted by Crippen LogP contribution is -2.41. The van der Waals surface area contributed by atoms with Gasteiger partial charge in [-0.1, -0.05) is 0 Å². The van der Waals surface area contributed by atoms with E-state index in [9.17, 15) is 9.59 Å². The topological polar surface area (TPSA) is 65.5 Å². The molecular weight excluding hydrogens is 376 g/mol. The molecule has 0 saturated carbocycles. The number of piperidine rings is 1. The molecule has 2 heterocycles. The second kappa shape index (κ2) is 9.74. The first-order valence-electron chi connectivity index (χ1n) is 10.8. The van der Waals surface area contributed by atoms with Crippen LogP contribution in [-0.4, -0.2) is 47.4 Å². The number of anilines is 2. The standard InChI is InChI=1S/C24H32N4O2/c1-5-28(17(2)3)21-8-6-20(7-9-21)24(30)27-14-11-19(12-15-27)23(29)26-22-16-18(4)10-13-25-22/h6-10,13,16-17,19H,5,11-12,14-15H2,1-4H3,(H,25,26,29). The summed E-state index contributed by atoms with van der Waals surface area (Å²) in [5.74, 6) is 0.509. The van der Waals surface area contributed by atoms with Crippen molar-refractivity contribution in [3.63, 3.8) is 0 Å². The second-order valence-electron chi connectivity index (χ2n) is 8.20. The van der Waals surface area contributed by atoms with Gasteiger partial charge < -0.3 is 15.1 Å². The molecule has 0 spiro atoms. The van der Waals surface area contributed by atoms with Crippen molar-refractivity contribution >= 4 is 23.3 Å². The summed E-state index contributed by atoms with van der Waals surface area (Å²) in [7, 11) is 0. The number of aryl methyl sites for hydroxylation is 1. The highest BCUT2D eigenvalue weighted by Gasteiger charge is 2.28. The molecule has 2 aromatic rings. The van der Waals surface area contributed by atoms with Crippen molar-refractivity contribution in [1.82, 2.24) is 9.88 Å². The molecule has 6 heteroatoms. The molecule has 0 unspecified atom stereocenters. The van der Waals surface area contributed by atoms with Gasteiger partial charge in [-0.3, -0.25) is 9.59 Å². The van der Waals surface area contributed by atoms with Gasteiger partial charge in [0.25, 0.3) is 5.91 Å². The Hall–Kier alpha value is -2.89. The van der Waals surface area contributed by atoms with E-state index in [1.54, 1.807) is 6.20 Å². The zero-order valence-corrected chi connectivity index (χ0v) is 18.4. The van der Waals surface area contributed by atoms with Crippen molar-refractivity contribution < 1.29 is 9.59 Å². The van der Waals surface area contributed by atoms with E-state index in [2.05, 4.69) is 36.0 Å². The number of nitrogens with one attached hydrogen (secondary N) is 1. The third-order valence-electron chi connectivity index (χ3n) is 5.73. The van der Waals surface area contributed by atoms with Crippen LogP contribution in [0.5, 0.6) is 0 Å². The molecule has 6 nitrogen and oxygen atoms in total. The summed E-state index contributed by atoms with van der Waals surface area (Å²) in [6.45, 7) is 10.5. The van der Waals surface area contributed by atoms with Crippen LogP contribution in [0, 0.1) is 12.8 Å². The summed E-state index contributed by atoms with van der Waals surface area (Å²) in [5, 5.41) is 2.90. The first kappa shape index (κ1) is 21.8. The fraction of sp³-hybridized carbons (Fsp3) is 0.458. The van der Waals surface area contributed by atoms with Gasteiger partial charge in [0.15, 0.2) is 0 Å². The van der Waals surface area contributed by atoms with E-state index in [-0.39, 0.29) is 17.7 Å². The first-order valence-corrected chi connectivity index (χ1v) is 10.8. The van der Waals surface area contributed by atoms with Crippen molar-refractivity contribution in [2.45, 2.75) is 46.6 Å². The fourth-order valence-electron chi connectivity index (χ4n) is 4.00. The summed E-state index contributed by atoms with van der Waals surface area (Å²) in [6, 6.07) is 12.0. The maximum Gasteiger partial charge on any atom is 0.253 e. The number of hydrogen-bond acceptors (Lipinski definition) is 4. The minimum absolute atomic E-state index is 0.0158. The van der Waals surface area contributed by atoms with Crippen LogP contribution in [0.3, 0.4) is 0 Å². The largest absolute Gasteiger partial charge is 0.369 e. The molecule has 3 rings (SSSR count). The summed E-state index contributed by atoms with van der Waals surface area (Å²) >= 11 is 0. The summed E-state index contributed by atoms with van der Waals surface area (Å²) in [6.07, 6.45) is 3.02. The third-order valence-corrected chi connectivity index (χ3v) is 5.73. The number of pyridine rings is 1. The highest BCUT2D eigenvalue weighted by atomic mass is 16.2. The number of benzene rings is 1. The molecule has 1 saturated heterocycles. The molecule has 1 aromatic carbocycles. The van der Waals surface area contributed by atoms with Crippen LogP contribution in [0.4, 0.5) is 11.5 Å². The van der Waals surface area contributed by atoms with Crippen LogP contribution >= 0.6 is 0 Å². The second-order valence-corrected chi connectivity index (χ2v) is 8.20. The van der Waals surface area contributed by atoms with Crippen molar-refractivity contribution in [2.24, 2.45) is 5.92 Å². The Balaban J connectivity index is 1.55. The van der Waals surface area contributed by atoms with Crippen molar-refractivity contribution in [3.05, 3.63) is 53.7 Å². The van der Waals surface area contributed by atoms with Gasteiger partial charge in [0.1, 0.15) is 5.82 Å². The Labute approximate surface area is 179 Å². The van der Waals surface area contributed by atoms with E-state index in [1.807, 2.05) is 48.2 Å². The molecule has 160 valence electrons. The summed E-state index contributed by atoms with van der Waals surface area (Å²) in [4.78, 5) is 33.8. The Morgan fingerprint density at radius 2 is 1.83 bits per heavy atom. The number of amides is 2. The normalized spacial score (nSPS) is 14.6. The van der Waals surface area contributed by atoms with E-state index >= 15 is 0 Å². The molecule has 1 fully saturated rings. The van der Waals surface area contributed by atoms with Crippen molar-refractivity contribution in [3.8, 4) is 0 Å². The van der Waals surface area contributed by atoms with Gasteiger partial charge in [0.05, 0.1) is 0 Å². The van der Waals surface area contributed by atoms with Crippen LogP contribution in [0.25, 0.3) is 0 Å². The predicted molar refractivity (Wildman–Crippen MR) is 121 cm³/mol. The predicted octanol–water partition coefficient (Wildman–Crippen LogP) is 4.12. The van der Waals surface area contributed by atoms with Gasteiger partial charge in [-0.15, -0.1) is 0 Å². The van der Waals surface area contributed by atoms with Gasteiger partial charge in [-0.25, -0.2) is 4.98 Å². The number of likely N-dealkylation sites (tertiary alicyclic amines) is 1. The molecule has 0 radical (unpaired) electrons. The number of aromatic nitrogens is 1. The minimum atomic E-state index is -0.0945. The van der Waals surface area contributed by atoms with Crippen LogP contribution < -0.4 is 10.2 Å². The quantitative estimate of drug-likeness (QED) is 0.781. The molecule has 0 atom stereocenters. The first-order chi connectivity index (χ1) is 14.4. The molecular formula is C24H32N4O2. The van der Waals surface area contributed by atoms with Gasteiger partial charge in [0, 0.05) is 49.0 Å². The molecule has 30 heavy (non-hydrogen) atoms. The molecule has 2 amide bonds. The third kappa shape index (κ3) is 5.17. The lowest BCUT2D eigenvalue weighted by molar-refractivity contribution is -0.121. The van der Waals surface area contributed by atoms with E-state index in [0.717, 1.165) is 17.8 Å². The van der Waals surface area contributed by atoms with Gasteiger partial charge in [-0.2, -0.15) is 0 Å². The lowest BCUT2D eigenvalue weighted by Gasteiger charge is -2.31. The van der Waals surface area contributed by atoms with E-state index in [4.69, 9.17) is 0 Å². The monoisotopic (exact) mass is 408 g/mol. The Morgan fingerprint density at radius 1 is 1.17 bits per heavy atom. The Kier molecular flexibility index (Phi) is 7.08. The maximum atomic E-state index is 12.9. The Bertz CT molecular complexity index is 871. The number of nitrogens with zero attached hydrogens (tertiary/aromatic N) is 3. The average molecular weight is 409 g/mol. The Morgan fingerprint density at radius 3 is 2.40 bits per heavy atom. The average Bonchev–Trinajstić information content (AvgIpc) is 2.74. The van der Waals surface area contributed by atoms with Crippen molar-refractivity contribution in [2.75, 3.05) is 29.9 Å². The maximum absolute atomic E-state index is 12.9. The summed E-state index contributed by atoms with van der Waals surface area (Å²) in [5.41, 5.74) is 2.89. The summed E-state index contributed by atoms with van der Waals surface area (Å²) < 4.78 is 0. The fourth-order valence-corrected chi connectivity index (χ4v) is 4.00. The zero-order valence-electron chi connectivity index (χ0n) is 18.4. The van der Waals surface area contributed by atoms with Gasteiger partial charge >= 0.3 is 0 Å². The lowest BCUT2D eigenvalue weighted by atomic mass is 9.95. The minimum Gasteiger partial charge on any atom is -0.369 e. The molecule has 0 bridgehead atoms. The molecule has 0 aliphatic carbocycles. The number of hydrogen-bond donors (Lipinski definition) is 1. The van der Waals surface area contributed by atoms with Crippen LogP contribution in [0.2, 0.25) is 0 Å². The molecule has 1 aromatic heterocycles. The highest BCUT2D eigenvalue weighted by molar-refractivity contribution is 5.95.